The van der Waals surface area contributed by atoms with Gasteiger partial charge < -0.3 is 10.1 Å². The molecular formula is C29H29N5O2. The largest absolute Gasteiger partial charge is 0.491 e. The highest BCUT2D eigenvalue weighted by molar-refractivity contribution is 5.96. The van der Waals surface area contributed by atoms with E-state index in [-0.39, 0.29) is 5.91 Å². The van der Waals surface area contributed by atoms with Gasteiger partial charge in [-0.3, -0.25) is 4.79 Å². The number of nitrogens with one attached hydrogen (secondary N) is 2. The van der Waals surface area contributed by atoms with Crippen molar-refractivity contribution < 1.29 is 9.53 Å². The number of carbonyl (C=O) groups excluding carboxylic acids is 1. The number of hydrogen-bond donors (Lipinski definition) is 2. The number of anilines is 1. The quantitative estimate of drug-likeness (QED) is 0.371. The van der Waals surface area contributed by atoms with E-state index >= 15 is 0 Å². The van der Waals surface area contributed by atoms with Crippen molar-refractivity contribution in [1.29, 1.82) is 0 Å². The van der Waals surface area contributed by atoms with Crippen LogP contribution in [-0.4, -0.2) is 33.1 Å². The first-order valence-corrected chi connectivity index (χ1v) is 12.6. The van der Waals surface area contributed by atoms with Crippen LogP contribution >= 0.6 is 0 Å². The summed E-state index contributed by atoms with van der Waals surface area (Å²) in [6.07, 6.45) is 4.93. The van der Waals surface area contributed by atoms with Crippen molar-refractivity contribution in [2.45, 2.75) is 44.9 Å². The van der Waals surface area contributed by atoms with Crippen LogP contribution in [0, 0.1) is 12.8 Å². The molecule has 0 bridgehead atoms. The molecule has 1 aromatic heterocycles. The Morgan fingerprint density at radius 2 is 1.86 bits per heavy atom. The Hall–Kier alpha value is -4.00. The first-order chi connectivity index (χ1) is 17.7. The fourth-order valence-corrected chi connectivity index (χ4v) is 5.25. The molecule has 0 spiro atoms. The number of H-pyrrole nitrogens is 1. The van der Waals surface area contributed by atoms with Gasteiger partial charge in [-0.25, -0.2) is 0 Å². The Kier molecular flexibility index (Phi) is 5.97. The van der Waals surface area contributed by atoms with E-state index in [1.165, 1.54) is 24.0 Å². The molecule has 1 atom stereocenters. The van der Waals surface area contributed by atoms with Gasteiger partial charge in [0.25, 0.3) is 0 Å². The van der Waals surface area contributed by atoms with Crippen LogP contribution in [0.5, 0.6) is 5.75 Å². The predicted octanol–water partition coefficient (Wildman–Crippen LogP) is 5.69. The van der Waals surface area contributed by atoms with Crippen LogP contribution in [0.2, 0.25) is 0 Å². The van der Waals surface area contributed by atoms with Crippen LogP contribution in [0.3, 0.4) is 0 Å². The Balaban J connectivity index is 1.42. The molecule has 6 rings (SSSR count). The Morgan fingerprint density at radius 3 is 2.61 bits per heavy atom. The number of nitrogens with zero attached hydrogens (tertiary/aromatic N) is 3. The zero-order valence-corrected chi connectivity index (χ0v) is 20.3. The van der Waals surface area contributed by atoms with Crippen molar-refractivity contribution in [3.63, 3.8) is 0 Å². The minimum atomic E-state index is -0.0551. The predicted molar refractivity (Wildman–Crippen MR) is 139 cm³/mol. The van der Waals surface area contributed by atoms with Crippen LogP contribution in [0.4, 0.5) is 5.69 Å². The second-order valence-corrected chi connectivity index (χ2v) is 9.87. The standard InChI is InChI=1S/C29H29N5O2/c1-18-8-10-19(11-9-18)15-27(35)30-26-17-21(23-5-2-3-6-24(23)29-31-33-34-32-29)16-25-22(20-12-13-20)7-4-14-36-28(25)26/h2-3,5-6,8-11,16-17,20,22H,4,7,12-15H2,1H3,(H,30,35)(H,31,32,33,34). The Labute approximate surface area is 210 Å². The van der Waals surface area contributed by atoms with E-state index in [2.05, 4.69) is 38.1 Å². The third-order valence-electron chi connectivity index (χ3n) is 7.20. The van der Waals surface area contributed by atoms with Crippen LogP contribution in [0.1, 0.15) is 48.3 Å². The number of fused-ring (bicyclic) bond motifs is 1. The fraction of sp³-hybridized carbons (Fsp3) is 0.310. The van der Waals surface area contributed by atoms with Gasteiger partial charge in [-0.1, -0.05) is 54.1 Å². The molecule has 1 fully saturated rings. The number of carbonyl (C=O) groups is 1. The number of benzene rings is 3. The van der Waals surface area contributed by atoms with Gasteiger partial charge >= 0.3 is 0 Å². The maximum absolute atomic E-state index is 13.2. The van der Waals surface area contributed by atoms with Crippen molar-refractivity contribution in [2.75, 3.05) is 11.9 Å². The first-order valence-electron chi connectivity index (χ1n) is 12.6. The van der Waals surface area contributed by atoms with Crippen molar-refractivity contribution in [2.24, 2.45) is 5.92 Å². The molecule has 1 aliphatic heterocycles. The van der Waals surface area contributed by atoms with E-state index in [9.17, 15) is 4.79 Å². The molecule has 2 heterocycles. The number of aromatic nitrogens is 4. The van der Waals surface area contributed by atoms with Gasteiger partial charge in [0.2, 0.25) is 11.7 Å². The van der Waals surface area contributed by atoms with Crippen LogP contribution in [0.15, 0.2) is 60.7 Å². The average Bonchev–Trinajstić information content (AvgIpc) is 3.62. The topological polar surface area (TPSA) is 92.8 Å². The van der Waals surface area contributed by atoms with Crippen molar-refractivity contribution >= 4 is 11.6 Å². The number of ether oxygens (including phenoxy) is 1. The molecule has 1 amide bonds. The summed E-state index contributed by atoms with van der Waals surface area (Å²) in [6.45, 7) is 2.71. The normalized spacial score (nSPS) is 17.1. The fourth-order valence-electron chi connectivity index (χ4n) is 5.25. The molecule has 7 heteroatoms. The number of hydrogen-bond acceptors (Lipinski definition) is 5. The number of amides is 1. The van der Waals surface area contributed by atoms with Crippen LogP contribution in [0.25, 0.3) is 22.5 Å². The number of aromatic amines is 1. The van der Waals surface area contributed by atoms with Gasteiger partial charge in [-0.05, 0) is 78.5 Å². The molecule has 182 valence electrons. The Morgan fingerprint density at radius 1 is 1.06 bits per heavy atom. The van der Waals surface area contributed by atoms with E-state index in [0.29, 0.717) is 30.7 Å². The molecule has 0 saturated heterocycles. The minimum Gasteiger partial charge on any atom is -0.491 e. The summed E-state index contributed by atoms with van der Waals surface area (Å²) in [4.78, 5) is 13.2. The summed E-state index contributed by atoms with van der Waals surface area (Å²) < 4.78 is 6.29. The van der Waals surface area contributed by atoms with Gasteiger partial charge in [-0.15, -0.1) is 10.2 Å². The molecular weight excluding hydrogens is 450 g/mol. The van der Waals surface area contributed by atoms with Crippen LogP contribution in [-0.2, 0) is 11.2 Å². The van der Waals surface area contributed by atoms with E-state index in [4.69, 9.17) is 4.74 Å². The van der Waals surface area contributed by atoms with Crippen molar-refractivity contribution in [1.82, 2.24) is 20.6 Å². The summed E-state index contributed by atoms with van der Waals surface area (Å²) in [6, 6.07) is 20.4. The van der Waals surface area contributed by atoms with Crippen LogP contribution < -0.4 is 10.1 Å². The van der Waals surface area contributed by atoms with Crippen molar-refractivity contribution in [3.05, 3.63) is 77.4 Å². The lowest BCUT2D eigenvalue weighted by Crippen LogP contribution is -2.16. The summed E-state index contributed by atoms with van der Waals surface area (Å²) in [5, 5.41) is 17.9. The second-order valence-electron chi connectivity index (χ2n) is 9.87. The van der Waals surface area contributed by atoms with Gasteiger partial charge in [0.1, 0.15) is 5.75 Å². The molecule has 2 aliphatic rings. The number of aryl methyl sites for hydroxylation is 1. The minimum absolute atomic E-state index is 0.0551. The second kappa shape index (κ2) is 9.57. The maximum atomic E-state index is 13.2. The summed E-state index contributed by atoms with van der Waals surface area (Å²) in [7, 11) is 0. The SMILES string of the molecule is Cc1ccc(CC(=O)Nc2cc(-c3ccccc3-c3nn[nH]n3)cc3c2OCCCC3C2CC2)cc1. The van der Waals surface area contributed by atoms with E-state index in [1.807, 2.05) is 55.5 Å². The average molecular weight is 480 g/mol. The lowest BCUT2D eigenvalue weighted by molar-refractivity contribution is -0.115. The molecule has 7 nitrogen and oxygen atoms in total. The maximum Gasteiger partial charge on any atom is 0.228 e. The molecule has 36 heavy (non-hydrogen) atoms. The van der Waals surface area contributed by atoms with Gasteiger partial charge in [0, 0.05) is 11.1 Å². The smallest absolute Gasteiger partial charge is 0.228 e. The van der Waals surface area contributed by atoms with Crippen molar-refractivity contribution in [3.8, 4) is 28.3 Å². The summed E-state index contributed by atoms with van der Waals surface area (Å²) >= 11 is 0. The summed E-state index contributed by atoms with van der Waals surface area (Å²) in [5.74, 6) is 2.43. The highest BCUT2D eigenvalue weighted by atomic mass is 16.5. The molecule has 0 radical (unpaired) electrons. The molecule has 2 N–H and O–H groups in total. The summed E-state index contributed by atoms with van der Waals surface area (Å²) in [5.41, 5.74) is 6.98. The van der Waals surface area contributed by atoms with E-state index in [1.54, 1.807) is 0 Å². The highest BCUT2D eigenvalue weighted by Crippen LogP contribution is 2.51. The van der Waals surface area contributed by atoms with E-state index in [0.717, 1.165) is 46.5 Å². The molecule has 4 aromatic rings. The molecule has 1 saturated carbocycles. The molecule has 1 unspecified atom stereocenters. The zero-order chi connectivity index (χ0) is 24.5. The third-order valence-corrected chi connectivity index (χ3v) is 7.20. The third kappa shape index (κ3) is 4.61. The molecule has 1 aliphatic carbocycles. The molecule has 3 aromatic carbocycles. The van der Waals surface area contributed by atoms with Gasteiger partial charge in [0.05, 0.1) is 18.7 Å². The monoisotopic (exact) mass is 479 g/mol. The number of tetrazole rings is 1. The van der Waals surface area contributed by atoms with Gasteiger partial charge in [-0.2, -0.15) is 5.21 Å². The van der Waals surface area contributed by atoms with Gasteiger partial charge in [0.15, 0.2) is 0 Å². The van der Waals surface area contributed by atoms with E-state index < -0.39 is 0 Å². The highest BCUT2D eigenvalue weighted by Gasteiger charge is 2.36. The lowest BCUT2D eigenvalue weighted by Gasteiger charge is -2.21. The Bertz CT molecular complexity index is 1380. The first kappa shape index (κ1) is 22.5. The number of rotatable bonds is 6. The lowest BCUT2D eigenvalue weighted by atomic mass is 9.86. The zero-order valence-electron chi connectivity index (χ0n) is 20.3.